The van der Waals surface area contributed by atoms with Crippen molar-refractivity contribution in [2.75, 3.05) is 13.2 Å². The molecule has 2 aromatic carbocycles. The van der Waals surface area contributed by atoms with Crippen molar-refractivity contribution in [2.45, 2.75) is 18.9 Å². The molecule has 1 heterocycles. The van der Waals surface area contributed by atoms with Crippen LogP contribution in [0.5, 0.6) is 5.75 Å². The summed E-state index contributed by atoms with van der Waals surface area (Å²) in [7, 11) is 0. The maximum atomic E-state index is 12.5. The minimum Gasteiger partial charge on any atom is -0.490 e. The van der Waals surface area contributed by atoms with Crippen molar-refractivity contribution in [1.29, 1.82) is 0 Å². The number of halogens is 2. The van der Waals surface area contributed by atoms with E-state index in [0.717, 1.165) is 4.47 Å². The highest BCUT2D eigenvalue weighted by atomic mass is 79.9. The van der Waals surface area contributed by atoms with Crippen molar-refractivity contribution in [1.82, 2.24) is 0 Å². The summed E-state index contributed by atoms with van der Waals surface area (Å²) in [5, 5.41) is 9.69. The van der Waals surface area contributed by atoms with Crippen LogP contribution in [0.2, 0.25) is 5.02 Å². The van der Waals surface area contributed by atoms with Crippen LogP contribution >= 0.6 is 27.5 Å². The van der Waals surface area contributed by atoms with E-state index in [9.17, 15) is 9.59 Å². The van der Waals surface area contributed by atoms with Crippen LogP contribution in [0.15, 0.2) is 56.1 Å². The molecule has 1 N–H and O–H groups in total. The maximum absolute atomic E-state index is 12.5. The number of benzene rings is 2. The van der Waals surface area contributed by atoms with Crippen LogP contribution in [-0.2, 0) is 9.53 Å². The highest BCUT2D eigenvalue weighted by molar-refractivity contribution is 9.10. The lowest BCUT2D eigenvalue weighted by Gasteiger charge is -2.32. The zero-order chi connectivity index (χ0) is 21.3. The predicted molar refractivity (Wildman–Crippen MR) is 116 cm³/mol. The van der Waals surface area contributed by atoms with Crippen molar-refractivity contribution < 1.29 is 23.8 Å². The molecule has 1 saturated carbocycles. The Morgan fingerprint density at radius 1 is 1.20 bits per heavy atom. The molecule has 0 radical (unpaired) electrons. The third-order valence-electron chi connectivity index (χ3n) is 5.05. The Morgan fingerprint density at radius 3 is 2.77 bits per heavy atom. The Kier molecular flexibility index (Phi) is 6.13. The molecule has 0 spiro atoms. The van der Waals surface area contributed by atoms with E-state index in [1.807, 2.05) is 6.07 Å². The molecule has 30 heavy (non-hydrogen) atoms. The summed E-state index contributed by atoms with van der Waals surface area (Å²) in [6.45, 7) is 0.604. The number of ether oxygens (including phenoxy) is 2. The molecular formula is C22H18BrClO6. The molecule has 0 bridgehead atoms. The lowest BCUT2D eigenvalue weighted by atomic mass is 9.82. The molecule has 8 heteroatoms. The number of aliphatic carboxylic acids is 1. The lowest BCUT2D eigenvalue weighted by Crippen LogP contribution is -2.37. The average Bonchev–Trinajstić information content (AvgIpc) is 2.67. The summed E-state index contributed by atoms with van der Waals surface area (Å²) in [6.07, 6.45) is 1.01. The molecular weight excluding hydrogens is 476 g/mol. The molecule has 3 aromatic rings. The van der Waals surface area contributed by atoms with Gasteiger partial charge in [-0.25, -0.2) is 0 Å². The molecule has 1 fully saturated rings. The molecule has 6 nitrogen and oxygen atoms in total. The number of hydrogen-bond donors (Lipinski definition) is 1. The first-order chi connectivity index (χ1) is 14.4. The first kappa shape index (κ1) is 20.9. The second-order valence-corrected chi connectivity index (χ2v) is 8.40. The van der Waals surface area contributed by atoms with Gasteiger partial charge >= 0.3 is 5.97 Å². The Labute approximate surface area is 185 Å². The van der Waals surface area contributed by atoms with Crippen molar-refractivity contribution >= 4 is 44.5 Å². The molecule has 156 valence electrons. The van der Waals surface area contributed by atoms with Crippen LogP contribution in [-0.4, -0.2) is 30.4 Å². The number of carboxylic acid groups (broad SMARTS) is 1. The van der Waals surface area contributed by atoms with Gasteiger partial charge in [-0.3, -0.25) is 9.59 Å². The largest absolute Gasteiger partial charge is 0.490 e. The van der Waals surface area contributed by atoms with E-state index < -0.39 is 5.97 Å². The zero-order valence-electron chi connectivity index (χ0n) is 15.8. The fourth-order valence-corrected chi connectivity index (χ4v) is 3.92. The van der Waals surface area contributed by atoms with Gasteiger partial charge in [0.1, 0.15) is 18.1 Å². The normalized spacial score (nSPS) is 18.2. The minimum absolute atomic E-state index is 0.0441. The van der Waals surface area contributed by atoms with E-state index in [1.54, 1.807) is 30.3 Å². The molecule has 0 atom stereocenters. The molecule has 1 aromatic heterocycles. The van der Waals surface area contributed by atoms with Crippen molar-refractivity contribution in [3.05, 3.63) is 62.2 Å². The van der Waals surface area contributed by atoms with Crippen LogP contribution in [0.3, 0.4) is 0 Å². The Bertz CT molecular complexity index is 1150. The third-order valence-corrected chi connectivity index (χ3v) is 5.85. The first-order valence-corrected chi connectivity index (χ1v) is 10.6. The van der Waals surface area contributed by atoms with Gasteiger partial charge in [-0.2, -0.15) is 0 Å². The SMILES string of the molecule is O=C(O)C1CC(OCCOc2cc(Br)ccc2-c2cc(=O)c3cccc(Cl)c3o2)C1. The van der Waals surface area contributed by atoms with Crippen molar-refractivity contribution in [2.24, 2.45) is 5.92 Å². The number of rotatable bonds is 7. The van der Waals surface area contributed by atoms with Crippen LogP contribution in [0, 0.1) is 5.92 Å². The fourth-order valence-electron chi connectivity index (χ4n) is 3.36. The topological polar surface area (TPSA) is 86.0 Å². The highest BCUT2D eigenvalue weighted by Gasteiger charge is 2.34. The van der Waals surface area contributed by atoms with Gasteiger partial charge in [0, 0.05) is 10.5 Å². The van der Waals surface area contributed by atoms with E-state index in [1.165, 1.54) is 6.07 Å². The molecule has 0 saturated heterocycles. The van der Waals surface area contributed by atoms with Gasteiger partial charge in [0.15, 0.2) is 11.0 Å². The number of hydrogen-bond acceptors (Lipinski definition) is 5. The Morgan fingerprint density at radius 2 is 2.00 bits per heavy atom. The van der Waals surface area contributed by atoms with Gasteiger partial charge < -0.3 is 19.0 Å². The smallest absolute Gasteiger partial charge is 0.306 e. The lowest BCUT2D eigenvalue weighted by molar-refractivity contribution is -0.151. The van der Waals surface area contributed by atoms with E-state index in [-0.39, 0.29) is 24.1 Å². The first-order valence-electron chi connectivity index (χ1n) is 9.42. The fraction of sp³-hybridized carbons (Fsp3) is 0.273. The molecule has 0 amide bonds. The van der Waals surface area contributed by atoms with Gasteiger partial charge in [-0.15, -0.1) is 0 Å². The molecule has 1 aliphatic rings. The molecule has 4 rings (SSSR count). The standard InChI is InChI=1S/C22H18BrClO6/c23-13-4-5-16(20-11-18(25)15-2-1-3-17(24)21(15)30-20)19(10-13)29-7-6-28-14-8-12(9-14)22(26)27/h1-5,10-12,14H,6-9H2,(H,26,27). The summed E-state index contributed by atoms with van der Waals surface area (Å²) in [5.74, 6) is -0.205. The van der Waals surface area contributed by atoms with Crippen molar-refractivity contribution in [3.63, 3.8) is 0 Å². The van der Waals surface area contributed by atoms with Gasteiger partial charge in [0.05, 0.1) is 34.6 Å². The summed E-state index contributed by atoms with van der Waals surface area (Å²) in [6, 6.07) is 11.9. The summed E-state index contributed by atoms with van der Waals surface area (Å²) in [5.41, 5.74) is 0.757. The van der Waals surface area contributed by atoms with Crippen LogP contribution in [0.4, 0.5) is 0 Å². The molecule has 1 aliphatic carbocycles. The number of carboxylic acids is 1. The van der Waals surface area contributed by atoms with Gasteiger partial charge in [0.2, 0.25) is 0 Å². The minimum atomic E-state index is -0.776. The van der Waals surface area contributed by atoms with E-state index >= 15 is 0 Å². The van der Waals surface area contributed by atoms with E-state index in [2.05, 4.69) is 15.9 Å². The number of para-hydroxylation sites is 1. The number of fused-ring (bicyclic) bond motifs is 1. The summed E-state index contributed by atoms with van der Waals surface area (Å²) in [4.78, 5) is 23.4. The van der Waals surface area contributed by atoms with Crippen LogP contribution in [0.1, 0.15) is 12.8 Å². The highest BCUT2D eigenvalue weighted by Crippen LogP contribution is 2.35. The maximum Gasteiger partial charge on any atom is 0.306 e. The summed E-state index contributed by atoms with van der Waals surface area (Å²) < 4.78 is 18.3. The van der Waals surface area contributed by atoms with Crippen molar-refractivity contribution in [3.8, 4) is 17.1 Å². The van der Waals surface area contributed by atoms with E-state index in [4.69, 9.17) is 30.6 Å². The summed E-state index contributed by atoms with van der Waals surface area (Å²) >= 11 is 9.64. The second kappa shape index (κ2) is 8.79. The van der Waals surface area contributed by atoms with E-state index in [0.29, 0.717) is 52.5 Å². The zero-order valence-corrected chi connectivity index (χ0v) is 18.1. The quantitative estimate of drug-likeness (QED) is 0.459. The third kappa shape index (κ3) is 4.38. The second-order valence-electron chi connectivity index (χ2n) is 7.08. The van der Waals surface area contributed by atoms with Gasteiger partial charge in [-0.1, -0.05) is 33.6 Å². The monoisotopic (exact) mass is 492 g/mol. The van der Waals surface area contributed by atoms with Gasteiger partial charge in [-0.05, 0) is 43.2 Å². The van der Waals surface area contributed by atoms with Gasteiger partial charge in [0.25, 0.3) is 0 Å². The molecule has 0 unspecified atom stereocenters. The number of carbonyl (C=O) groups is 1. The average molecular weight is 494 g/mol. The predicted octanol–water partition coefficient (Wildman–Crippen LogP) is 5.13. The Hall–Kier alpha value is -2.35. The molecule has 0 aliphatic heterocycles. The van der Waals surface area contributed by atoms with Crippen LogP contribution < -0.4 is 10.2 Å². The van der Waals surface area contributed by atoms with Crippen LogP contribution in [0.25, 0.3) is 22.3 Å². The Balaban J connectivity index is 1.50.